The Morgan fingerprint density at radius 1 is 1.33 bits per heavy atom. The van der Waals surface area contributed by atoms with Gasteiger partial charge in [-0.2, -0.15) is 0 Å². The monoisotopic (exact) mass is 367 g/mol. The van der Waals surface area contributed by atoms with Gasteiger partial charge >= 0.3 is 6.03 Å². The van der Waals surface area contributed by atoms with Gasteiger partial charge in [0, 0.05) is 29.2 Å². The molecule has 2 rings (SSSR count). The number of benzene rings is 1. The Balaban J connectivity index is 1.93. The van der Waals surface area contributed by atoms with Crippen LogP contribution >= 0.6 is 22.9 Å². The van der Waals surface area contributed by atoms with E-state index in [1.807, 2.05) is 5.38 Å². The number of rotatable bonds is 7. The van der Waals surface area contributed by atoms with Crippen molar-refractivity contribution in [1.29, 1.82) is 0 Å². The molecule has 0 bridgehead atoms. The number of carbonyl (C=O) groups is 1. The van der Waals surface area contributed by atoms with E-state index in [4.69, 9.17) is 17.3 Å². The summed E-state index contributed by atoms with van der Waals surface area (Å²) in [7, 11) is 0. The highest BCUT2D eigenvalue weighted by molar-refractivity contribution is 7.13. The quantitative estimate of drug-likeness (QED) is 0.696. The van der Waals surface area contributed by atoms with Gasteiger partial charge in [-0.15, -0.1) is 11.3 Å². The SMILES string of the molecule is CCN(CC)Cc1csc(NC(=O)Nc2ccc(CN)c(Cl)c2)n1. The summed E-state index contributed by atoms with van der Waals surface area (Å²) >= 11 is 7.49. The van der Waals surface area contributed by atoms with Crippen molar-refractivity contribution in [3.63, 3.8) is 0 Å². The Bertz CT molecular complexity index is 687. The molecule has 8 heteroatoms. The molecule has 1 heterocycles. The molecule has 1 aromatic heterocycles. The van der Waals surface area contributed by atoms with Crippen molar-refractivity contribution >= 4 is 39.8 Å². The van der Waals surface area contributed by atoms with Gasteiger partial charge in [0.15, 0.2) is 5.13 Å². The molecule has 0 spiro atoms. The Labute approximate surface area is 151 Å². The van der Waals surface area contributed by atoms with E-state index < -0.39 is 0 Å². The first-order valence-electron chi connectivity index (χ1n) is 7.79. The molecule has 1 aromatic carbocycles. The molecule has 0 aliphatic carbocycles. The van der Waals surface area contributed by atoms with Gasteiger partial charge in [0.05, 0.1) is 5.69 Å². The highest BCUT2D eigenvalue weighted by Gasteiger charge is 2.09. The van der Waals surface area contributed by atoms with Crippen molar-refractivity contribution in [1.82, 2.24) is 9.88 Å². The van der Waals surface area contributed by atoms with E-state index in [-0.39, 0.29) is 6.03 Å². The predicted molar refractivity (Wildman–Crippen MR) is 101 cm³/mol. The van der Waals surface area contributed by atoms with Crippen LogP contribution in [0.3, 0.4) is 0 Å². The molecule has 0 atom stereocenters. The maximum Gasteiger partial charge on any atom is 0.325 e. The molecule has 0 saturated carbocycles. The molecule has 130 valence electrons. The smallest absolute Gasteiger partial charge is 0.325 e. The number of amides is 2. The van der Waals surface area contributed by atoms with E-state index in [1.54, 1.807) is 18.2 Å². The molecule has 24 heavy (non-hydrogen) atoms. The number of nitrogens with one attached hydrogen (secondary N) is 2. The normalized spacial score (nSPS) is 10.9. The Morgan fingerprint density at radius 2 is 2.08 bits per heavy atom. The topological polar surface area (TPSA) is 83.3 Å². The zero-order valence-electron chi connectivity index (χ0n) is 13.8. The molecule has 0 aliphatic heterocycles. The van der Waals surface area contributed by atoms with Gasteiger partial charge in [-0.3, -0.25) is 10.2 Å². The van der Waals surface area contributed by atoms with Gasteiger partial charge in [0.25, 0.3) is 0 Å². The van der Waals surface area contributed by atoms with Crippen LogP contribution in [0.4, 0.5) is 15.6 Å². The lowest BCUT2D eigenvalue weighted by atomic mass is 10.2. The first kappa shape index (κ1) is 18.7. The number of halogens is 1. The van der Waals surface area contributed by atoms with Crippen LogP contribution in [0.25, 0.3) is 0 Å². The van der Waals surface area contributed by atoms with Crippen LogP contribution < -0.4 is 16.4 Å². The molecule has 2 aromatic rings. The highest BCUT2D eigenvalue weighted by atomic mass is 35.5. The maximum absolute atomic E-state index is 12.1. The first-order chi connectivity index (χ1) is 11.5. The standard InChI is InChI=1S/C16H22ClN5OS/c1-3-22(4-2)9-13-10-24-16(20-13)21-15(23)19-12-6-5-11(8-18)14(17)7-12/h5-7,10H,3-4,8-9,18H2,1-2H3,(H2,19,20,21,23). The van der Waals surface area contributed by atoms with Crippen LogP contribution in [0.15, 0.2) is 23.6 Å². The van der Waals surface area contributed by atoms with Gasteiger partial charge in [-0.25, -0.2) is 9.78 Å². The zero-order chi connectivity index (χ0) is 17.5. The summed E-state index contributed by atoms with van der Waals surface area (Å²) in [5.74, 6) is 0. The molecule has 0 unspecified atom stereocenters. The second-order valence-electron chi connectivity index (χ2n) is 5.19. The van der Waals surface area contributed by atoms with Crippen molar-refractivity contribution in [3.8, 4) is 0 Å². The van der Waals surface area contributed by atoms with Crippen LogP contribution in [0.1, 0.15) is 25.1 Å². The highest BCUT2D eigenvalue weighted by Crippen LogP contribution is 2.21. The number of hydrogen-bond donors (Lipinski definition) is 3. The Kier molecular flexibility index (Phi) is 6.99. The number of hydrogen-bond acceptors (Lipinski definition) is 5. The van der Waals surface area contributed by atoms with E-state index in [0.29, 0.717) is 22.4 Å². The fourth-order valence-corrected chi connectivity index (χ4v) is 3.12. The zero-order valence-corrected chi connectivity index (χ0v) is 15.4. The number of nitrogens with zero attached hydrogens (tertiary/aromatic N) is 2. The molecule has 0 aliphatic rings. The molecule has 0 fully saturated rings. The minimum atomic E-state index is -0.352. The summed E-state index contributed by atoms with van der Waals surface area (Å²) in [5.41, 5.74) is 7.96. The summed E-state index contributed by atoms with van der Waals surface area (Å²) in [6.07, 6.45) is 0. The van der Waals surface area contributed by atoms with Crippen molar-refractivity contribution in [2.45, 2.75) is 26.9 Å². The molecule has 6 nitrogen and oxygen atoms in total. The fraction of sp³-hybridized carbons (Fsp3) is 0.375. The van der Waals surface area contributed by atoms with Crippen LogP contribution in [-0.4, -0.2) is 29.0 Å². The molecular formula is C16H22ClN5OS. The molecule has 4 N–H and O–H groups in total. The molecule has 0 saturated heterocycles. The third kappa shape index (κ3) is 5.17. The lowest BCUT2D eigenvalue weighted by molar-refractivity contribution is 0.262. The Morgan fingerprint density at radius 3 is 2.71 bits per heavy atom. The van der Waals surface area contributed by atoms with Crippen LogP contribution in [-0.2, 0) is 13.1 Å². The second kappa shape index (κ2) is 8.98. The number of carbonyl (C=O) groups excluding carboxylic acids is 1. The molecule has 2 amide bonds. The summed E-state index contributed by atoms with van der Waals surface area (Å²) in [6.45, 7) is 7.31. The lowest BCUT2D eigenvalue weighted by Gasteiger charge is -2.15. The lowest BCUT2D eigenvalue weighted by Crippen LogP contribution is -2.22. The summed E-state index contributed by atoms with van der Waals surface area (Å²) in [4.78, 5) is 18.8. The summed E-state index contributed by atoms with van der Waals surface area (Å²) in [6, 6.07) is 4.89. The van der Waals surface area contributed by atoms with E-state index in [2.05, 4.69) is 34.4 Å². The number of anilines is 2. The van der Waals surface area contributed by atoms with E-state index in [0.717, 1.165) is 30.9 Å². The number of nitrogens with two attached hydrogens (primary N) is 1. The van der Waals surface area contributed by atoms with Gasteiger partial charge in [0.1, 0.15) is 0 Å². The second-order valence-corrected chi connectivity index (χ2v) is 6.46. The number of urea groups is 1. The fourth-order valence-electron chi connectivity index (χ4n) is 2.16. The number of aromatic nitrogens is 1. The average Bonchev–Trinajstić information content (AvgIpc) is 2.99. The third-order valence-electron chi connectivity index (χ3n) is 3.58. The minimum absolute atomic E-state index is 0.352. The van der Waals surface area contributed by atoms with Gasteiger partial charge in [-0.1, -0.05) is 31.5 Å². The van der Waals surface area contributed by atoms with E-state index in [1.165, 1.54) is 11.3 Å². The first-order valence-corrected chi connectivity index (χ1v) is 9.04. The van der Waals surface area contributed by atoms with E-state index in [9.17, 15) is 4.79 Å². The minimum Gasteiger partial charge on any atom is -0.326 e. The number of thiazole rings is 1. The average molecular weight is 368 g/mol. The van der Waals surface area contributed by atoms with Gasteiger partial charge in [-0.05, 0) is 30.8 Å². The van der Waals surface area contributed by atoms with Crippen LogP contribution in [0.5, 0.6) is 0 Å². The van der Waals surface area contributed by atoms with Gasteiger partial charge in [0.2, 0.25) is 0 Å². The van der Waals surface area contributed by atoms with Crippen molar-refractivity contribution in [2.75, 3.05) is 23.7 Å². The largest absolute Gasteiger partial charge is 0.326 e. The molecular weight excluding hydrogens is 346 g/mol. The Hall–Kier alpha value is -1.67. The summed E-state index contributed by atoms with van der Waals surface area (Å²) in [5, 5.41) is 8.54. The van der Waals surface area contributed by atoms with Crippen molar-refractivity contribution < 1.29 is 4.79 Å². The van der Waals surface area contributed by atoms with E-state index >= 15 is 0 Å². The van der Waals surface area contributed by atoms with Crippen LogP contribution in [0.2, 0.25) is 5.02 Å². The summed E-state index contributed by atoms with van der Waals surface area (Å²) < 4.78 is 0. The predicted octanol–water partition coefficient (Wildman–Crippen LogP) is 3.74. The maximum atomic E-state index is 12.1. The third-order valence-corrected chi connectivity index (χ3v) is 4.74. The molecule has 0 radical (unpaired) electrons. The van der Waals surface area contributed by atoms with Gasteiger partial charge < -0.3 is 11.1 Å². The van der Waals surface area contributed by atoms with Crippen LogP contribution in [0, 0.1) is 0 Å². The van der Waals surface area contributed by atoms with Crippen molar-refractivity contribution in [2.24, 2.45) is 5.73 Å². The van der Waals surface area contributed by atoms with Crippen molar-refractivity contribution in [3.05, 3.63) is 39.9 Å².